The number of nitrogens with one attached hydrogen (secondary N) is 1. The van der Waals surface area contributed by atoms with E-state index in [-0.39, 0.29) is 37.3 Å². The summed E-state index contributed by atoms with van der Waals surface area (Å²) in [6.45, 7) is 10.1. The van der Waals surface area contributed by atoms with Gasteiger partial charge in [0.1, 0.15) is 42.7 Å². The Hall–Kier alpha value is -4.62. The van der Waals surface area contributed by atoms with Gasteiger partial charge in [-0.15, -0.1) is 10.2 Å². The molecule has 4 heterocycles. The van der Waals surface area contributed by atoms with E-state index in [0.29, 0.717) is 23.1 Å². The lowest BCUT2D eigenvalue weighted by molar-refractivity contribution is 0.0452. The SMILES string of the molecule is CCCCc1noc(C)c1COc1cc(C(=O)NC(C)COC(=O)c2cc(OCc3c(CCCC)noc3C)nn2C)n(C)n1. The summed E-state index contributed by atoms with van der Waals surface area (Å²) < 4.78 is 30.7. The molecule has 1 atom stereocenters. The van der Waals surface area contributed by atoms with Gasteiger partial charge >= 0.3 is 5.97 Å². The molecule has 4 rings (SSSR count). The number of nitrogens with zero attached hydrogens (tertiary/aromatic N) is 6. The Morgan fingerprint density at radius 2 is 1.33 bits per heavy atom. The van der Waals surface area contributed by atoms with Gasteiger partial charge in [0.05, 0.1) is 28.6 Å². The predicted octanol–water partition coefficient (Wildman–Crippen LogP) is 4.56. The molecule has 1 unspecified atom stereocenters. The topological polar surface area (TPSA) is 162 Å². The Labute approximate surface area is 262 Å². The first kappa shape index (κ1) is 33.3. The highest BCUT2D eigenvalue weighted by molar-refractivity contribution is 5.93. The lowest BCUT2D eigenvalue weighted by atomic mass is 10.1. The normalized spacial score (nSPS) is 11.9. The quantitative estimate of drug-likeness (QED) is 0.164. The van der Waals surface area contributed by atoms with Crippen LogP contribution in [0.2, 0.25) is 0 Å². The third kappa shape index (κ3) is 8.52. The Kier molecular flexibility index (Phi) is 11.4. The second-order valence-electron chi connectivity index (χ2n) is 11.1. The van der Waals surface area contributed by atoms with Crippen molar-refractivity contribution in [3.05, 3.63) is 57.6 Å². The smallest absolute Gasteiger partial charge is 0.356 e. The van der Waals surface area contributed by atoms with Crippen LogP contribution in [0.15, 0.2) is 21.2 Å². The molecule has 14 nitrogen and oxygen atoms in total. The van der Waals surface area contributed by atoms with E-state index in [4.69, 9.17) is 23.3 Å². The molecule has 0 saturated heterocycles. The first-order valence-electron chi connectivity index (χ1n) is 15.3. The standard InChI is InChI=1S/C31H43N7O7/c1-8-10-12-24-22(20(4)44-35-24)17-41-28-14-26(37(6)33-28)30(39)32-19(3)16-43-31(40)27-15-29(34-38(27)7)42-18-23-21(5)45-36-25(23)13-11-9-2/h14-15,19H,8-13,16-18H2,1-7H3,(H,32,39). The number of hydrogen-bond acceptors (Lipinski definition) is 11. The molecule has 0 radical (unpaired) electrons. The van der Waals surface area contributed by atoms with E-state index in [0.717, 1.165) is 61.0 Å². The number of rotatable bonds is 17. The van der Waals surface area contributed by atoms with Gasteiger partial charge in [-0.1, -0.05) is 37.0 Å². The van der Waals surface area contributed by atoms with Gasteiger partial charge in [-0.25, -0.2) is 4.79 Å². The lowest BCUT2D eigenvalue weighted by Gasteiger charge is -2.14. The summed E-state index contributed by atoms with van der Waals surface area (Å²) in [7, 11) is 3.28. The Bertz CT molecular complexity index is 1580. The van der Waals surface area contributed by atoms with Crippen LogP contribution in [0.25, 0.3) is 0 Å². The van der Waals surface area contributed by atoms with E-state index in [1.54, 1.807) is 27.1 Å². The number of aryl methyl sites for hydroxylation is 6. The summed E-state index contributed by atoms with van der Waals surface area (Å²) in [5, 5.41) is 19.7. The zero-order valence-corrected chi connectivity index (χ0v) is 27.1. The van der Waals surface area contributed by atoms with E-state index in [1.807, 2.05) is 13.8 Å². The average molecular weight is 626 g/mol. The number of unbranched alkanes of at least 4 members (excludes halogenated alkanes) is 2. The Morgan fingerprint density at radius 3 is 1.84 bits per heavy atom. The molecule has 14 heteroatoms. The van der Waals surface area contributed by atoms with Crippen molar-refractivity contribution in [2.45, 2.75) is 92.4 Å². The van der Waals surface area contributed by atoms with Crippen molar-refractivity contribution in [3.8, 4) is 11.8 Å². The number of esters is 1. The number of carbonyl (C=O) groups is 2. The third-order valence-corrected chi connectivity index (χ3v) is 7.39. The molecule has 4 aromatic heterocycles. The van der Waals surface area contributed by atoms with Crippen LogP contribution in [0.5, 0.6) is 11.8 Å². The first-order chi connectivity index (χ1) is 21.6. The van der Waals surface area contributed by atoms with Crippen LogP contribution in [-0.2, 0) is 44.9 Å². The van der Waals surface area contributed by atoms with E-state index < -0.39 is 12.0 Å². The maximum atomic E-state index is 13.0. The summed E-state index contributed by atoms with van der Waals surface area (Å²) in [6, 6.07) is 2.60. The van der Waals surface area contributed by atoms with Gasteiger partial charge in [0.2, 0.25) is 11.8 Å². The Balaban J connectivity index is 1.27. The van der Waals surface area contributed by atoms with Crippen molar-refractivity contribution in [1.29, 1.82) is 0 Å². The summed E-state index contributed by atoms with van der Waals surface area (Å²) in [6.07, 6.45) is 5.71. The van der Waals surface area contributed by atoms with Crippen molar-refractivity contribution >= 4 is 11.9 Å². The van der Waals surface area contributed by atoms with Gasteiger partial charge < -0.3 is 28.6 Å². The molecule has 1 amide bonds. The minimum Gasteiger partial charge on any atom is -0.472 e. The fraction of sp³-hybridized carbons (Fsp3) is 0.548. The zero-order valence-electron chi connectivity index (χ0n) is 27.1. The molecule has 0 aliphatic heterocycles. The average Bonchev–Trinajstić information content (AvgIpc) is 3.77. The molecule has 0 aliphatic rings. The maximum absolute atomic E-state index is 13.0. The van der Waals surface area contributed by atoms with Crippen molar-refractivity contribution in [3.63, 3.8) is 0 Å². The van der Waals surface area contributed by atoms with E-state index in [1.165, 1.54) is 15.4 Å². The molecule has 4 aromatic rings. The lowest BCUT2D eigenvalue weighted by Crippen LogP contribution is -2.37. The van der Waals surface area contributed by atoms with Crippen molar-refractivity contribution < 1.29 is 32.8 Å². The van der Waals surface area contributed by atoms with Crippen LogP contribution >= 0.6 is 0 Å². The largest absolute Gasteiger partial charge is 0.472 e. The van der Waals surface area contributed by atoms with Crippen molar-refractivity contribution in [1.82, 2.24) is 35.2 Å². The number of amides is 1. The van der Waals surface area contributed by atoms with Crippen LogP contribution in [0.4, 0.5) is 0 Å². The van der Waals surface area contributed by atoms with Gasteiger partial charge in [0, 0.05) is 26.2 Å². The summed E-state index contributed by atoms with van der Waals surface area (Å²) >= 11 is 0. The van der Waals surface area contributed by atoms with Gasteiger partial charge in [0.15, 0.2) is 0 Å². The van der Waals surface area contributed by atoms with E-state index >= 15 is 0 Å². The highest BCUT2D eigenvalue weighted by atomic mass is 16.5. The van der Waals surface area contributed by atoms with Gasteiger partial charge in [-0.2, -0.15) is 0 Å². The molecule has 244 valence electrons. The molecule has 45 heavy (non-hydrogen) atoms. The minimum absolute atomic E-state index is 0.0544. The van der Waals surface area contributed by atoms with Crippen molar-refractivity contribution in [2.75, 3.05) is 6.61 Å². The molecule has 0 bridgehead atoms. The Morgan fingerprint density at radius 1 is 0.844 bits per heavy atom. The van der Waals surface area contributed by atoms with Gasteiger partial charge in [-0.05, 0) is 46.5 Å². The van der Waals surface area contributed by atoms with Crippen molar-refractivity contribution in [2.24, 2.45) is 14.1 Å². The van der Waals surface area contributed by atoms with Crippen LogP contribution < -0.4 is 14.8 Å². The summed E-state index contributed by atoms with van der Waals surface area (Å²) in [5.41, 5.74) is 4.03. The van der Waals surface area contributed by atoms with Crippen LogP contribution in [0.1, 0.15) is 101 Å². The van der Waals surface area contributed by atoms with Gasteiger partial charge in [-0.3, -0.25) is 14.2 Å². The molecule has 1 N–H and O–H groups in total. The third-order valence-electron chi connectivity index (χ3n) is 7.39. The van der Waals surface area contributed by atoms with Crippen LogP contribution in [-0.4, -0.2) is 54.4 Å². The maximum Gasteiger partial charge on any atom is 0.356 e. The molecule has 0 aliphatic carbocycles. The number of aromatic nitrogens is 6. The highest BCUT2D eigenvalue weighted by Crippen LogP contribution is 2.21. The molecule has 0 spiro atoms. The molecular weight excluding hydrogens is 582 g/mol. The minimum atomic E-state index is -0.593. The van der Waals surface area contributed by atoms with Gasteiger partial charge in [0.25, 0.3) is 5.91 Å². The highest BCUT2D eigenvalue weighted by Gasteiger charge is 2.21. The van der Waals surface area contributed by atoms with Crippen LogP contribution in [0.3, 0.4) is 0 Å². The molecule has 0 aromatic carbocycles. The van der Waals surface area contributed by atoms with E-state index in [2.05, 4.69) is 39.7 Å². The number of hydrogen-bond donors (Lipinski definition) is 1. The fourth-order valence-corrected chi connectivity index (χ4v) is 4.66. The summed E-state index contributed by atoms with van der Waals surface area (Å²) in [4.78, 5) is 25.8. The van der Waals surface area contributed by atoms with Crippen LogP contribution in [0, 0.1) is 13.8 Å². The second kappa shape index (κ2) is 15.4. The number of carbonyl (C=O) groups excluding carboxylic acids is 2. The second-order valence-corrected chi connectivity index (χ2v) is 11.1. The molecule has 0 saturated carbocycles. The fourth-order valence-electron chi connectivity index (χ4n) is 4.66. The molecular formula is C31H43N7O7. The summed E-state index contributed by atoms with van der Waals surface area (Å²) in [5.74, 6) is 0.997. The molecule has 0 fully saturated rings. The zero-order chi connectivity index (χ0) is 32.5. The van der Waals surface area contributed by atoms with E-state index in [9.17, 15) is 9.59 Å². The monoisotopic (exact) mass is 625 g/mol. The predicted molar refractivity (Wildman–Crippen MR) is 162 cm³/mol. The first-order valence-corrected chi connectivity index (χ1v) is 15.3. The number of ether oxygens (including phenoxy) is 3.